The van der Waals surface area contributed by atoms with Gasteiger partial charge in [0.2, 0.25) is 0 Å². The molecule has 1 aliphatic carbocycles. The fraction of sp³-hybridized carbons (Fsp3) is 0.111. The number of hydrogen-bond acceptors (Lipinski definition) is 2. The Labute approximate surface area is 71.3 Å². The average Bonchev–Trinajstić information content (AvgIpc) is 2.49. The molecule has 0 radical (unpaired) electrons. The van der Waals surface area contributed by atoms with Gasteiger partial charge in [-0.25, -0.2) is 0 Å². The lowest BCUT2D eigenvalue weighted by Gasteiger charge is -2.02. The van der Waals surface area contributed by atoms with Crippen molar-refractivity contribution in [1.29, 1.82) is 0 Å². The molecule has 0 heterocycles. The van der Waals surface area contributed by atoms with Crippen LogP contribution in [-0.4, -0.2) is 17.2 Å². The van der Waals surface area contributed by atoms with E-state index in [1.165, 1.54) is 11.1 Å². The molecule has 0 bridgehead atoms. The van der Waals surface area contributed by atoms with E-state index in [9.17, 15) is 0 Å². The second-order valence-electron chi connectivity index (χ2n) is 2.94. The zero-order valence-corrected chi connectivity index (χ0v) is 6.57. The van der Waals surface area contributed by atoms with Crippen molar-refractivity contribution in [2.45, 2.75) is 6.42 Å². The van der Waals surface area contributed by atoms with Gasteiger partial charge in [0.05, 0.1) is 0 Å². The minimum atomic E-state index is -1.35. The molecule has 60 valence electrons. The highest BCUT2D eigenvalue weighted by atomic mass is 16.4. The van der Waals surface area contributed by atoms with E-state index in [4.69, 9.17) is 10.0 Å². The lowest BCUT2D eigenvalue weighted by molar-refractivity contribution is 0.425. The van der Waals surface area contributed by atoms with Crippen LogP contribution in [0.5, 0.6) is 0 Å². The highest BCUT2D eigenvalue weighted by molar-refractivity contribution is 6.58. The molecule has 1 aliphatic rings. The summed E-state index contributed by atoms with van der Waals surface area (Å²) in [6.45, 7) is 0. The minimum Gasteiger partial charge on any atom is -0.423 e. The molecular formula is C9H9BO2. The third kappa shape index (κ3) is 1.17. The maximum Gasteiger partial charge on any atom is 0.488 e. The normalized spacial score (nSPS) is 13.2. The first-order valence-electron chi connectivity index (χ1n) is 3.93. The number of hydrogen-bond donors (Lipinski definition) is 2. The van der Waals surface area contributed by atoms with Crippen LogP contribution in [0.1, 0.15) is 11.1 Å². The lowest BCUT2D eigenvalue weighted by Crippen LogP contribution is -2.29. The molecule has 0 fully saturated rings. The zero-order chi connectivity index (χ0) is 8.55. The van der Waals surface area contributed by atoms with Crippen molar-refractivity contribution in [3.8, 4) is 0 Å². The molecule has 1 aromatic carbocycles. The molecule has 0 saturated carbocycles. The molecule has 0 unspecified atom stereocenters. The smallest absolute Gasteiger partial charge is 0.423 e. The second-order valence-corrected chi connectivity index (χ2v) is 2.94. The summed E-state index contributed by atoms with van der Waals surface area (Å²) in [6, 6.07) is 5.48. The lowest BCUT2D eigenvalue weighted by atomic mass is 9.79. The maximum atomic E-state index is 8.89. The van der Waals surface area contributed by atoms with Gasteiger partial charge in [0.25, 0.3) is 0 Å². The quantitative estimate of drug-likeness (QED) is 0.564. The van der Waals surface area contributed by atoms with Gasteiger partial charge in [-0.05, 0) is 23.0 Å². The average molecular weight is 160 g/mol. The first-order chi connectivity index (χ1) is 5.77. The van der Waals surface area contributed by atoms with Crippen LogP contribution in [-0.2, 0) is 6.42 Å². The van der Waals surface area contributed by atoms with Gasteiger partial charge in [-0.2, -0.15) is 0 Å². The molecule has 2 N–H and O–H groups in total. The van der Waals surface area contributed by atoms with Crippen LogP contribution in [0.4, 0.5) is 0 Å². The van der Waals surface area contributed by atoms with E-state index in [1.54, 1.807) is 6.07 Å². The highest BCUT2D eigenvalue weighted by Gasteiger charge is 2.13. The fourth-order valence-electron chi connectivity index (χ4n) is 1.44. The summed E-state index contributed by atoms with van der Waals surface area (Å²) in [5.74, 6) is 0. The third-order valence-corrected chi connectivity index (χ3v) is 2.10. The standard InChI is InChI=1S/C9H9BO2/c11-10(12)9-5-4-7-2-1-3-8(7)6-9/h1-2,4-6,11-12H,3H2. The third-order valence-electron chi connectivity index (χ3n) is 2.10. The van der Waals surface area contributed by atoms with Crippen LogP contribution in [0.15, 0.2) is 24.3 Å². The molecule has 0 spiro atoms. The van der Waals surface area contributed by atoms with Gasteiger partial charge >= 0.3 is 7.12 Å². The molecule has 0 aliphatic heterocycles. The highest BCUT2D eigenvalue weighted by Crippen LogP contribution is 2.17. The Kier molecular flexibility index (Phi) is 1.75. The van der Waals surface area contributed by atoms with Crippen molar-refractivity contribution in [3.63, 3.8) is 0 Å². The van der Waals surface area contributed by atoms with Crippen LogP contribution < -0.4 is 5.46 Å². The van der Waals surface area contributed by atoms with E-state index in [-0.39, 0.29) is 0 Å². The first kappa shape index (κ1) is 7.59. The Morgan fingerprint density at radius 2 is 2.08 bits per heavy atom. The topological polar surface area (TPSA) is 40.5 Å². The maximum absolute atomic E-state index is 8.89. The van der Waals surface area contributed by atoms with Gasteiger partial charge in [0, 0.05) is 0 Å². The second kappa shape index (κ2) is 2.77. The Hall–Kier alpha value is -1.06. The van der Waals surface area contributed by atoms with E-state index in [1.807, 2.05) is 18.2 Å². The van der Waals surface area contributed by atoms with E-state index in [2.05, 4.69) is 6.08 Å². The van der Waals surface area contributed by atoms with Gasteiger partial charge in [-0.15, -0.1) is 0 Å². The van der Waals surface area contributed by atoms with Crippen molar-refractivity contribution in [3.05, 3.63) is 35.4 Å². The largest absolute Gasteiger partial charge is 0.488 e. The summed E-state index contributed by atoms with van der Waals surface area (Å²) in [6.07, 6.45) is 5.01. The molecule has 2 rings (SSSR count). The minimum absolute atomic E-state index is 0.567. The SMILES string of the molecule is OB(O)c1ccc2c(c1)CC=C2. The number of rotatable bonds is 1. The van der Waals surface area contributed by atoms with Crippen molar-refractivity contribution in [2.75, 3.05) is 0 Å². The predicted molar refractivity (Wildman–Crippen MR) is 49.0 cm³/mol. The Bertz CT molecular complexity index is 331. The van der Waals surface area contributed by atoms with Gasteiger partial charge < -0.3 is 10.0 Å². The summed E-state index contributed by atoms with van der Waals surface area (Å²) in [7, 11) is -1.35. The van der Waals surface area contributed by atoms with Crippen LogP contribution in [0.25, 0.3) is 6.08 Å². The fourth-order valence-corrected chi connectivity index (χ4v) is 1.44. The number of benzene rings is 1. The summed E-state index contributed by atoms with van der Waals surface area (Å²) < 4.78 is 0. The van der Waals surface area contributed by atoms with E-state index < -0.39 is 7.12 Å². The van der Waals surface area contributed by atoms with E-state index in [0.29, 0.717) is 5.46 Å². The molecule has 12 heavy (non-hydrogen) atoms. The van der Waals surface area contributed by atoms with Crippen molar-refractivity contribution in [1.82, 2.24) is 0 Å². The Morgan fingerprint density at radius 1 is 1.25 bits per heavy atom. The summed E-state index contributed by atoms with van der Waals surface area (Å²) >= 11 is 0. The van der Waals surface area contributed by atoms with Gasteiger partial charge in [-0.1, -0.05) is 30.4 Å². The molecular weight excluding hydrogens is 151 g/mol. The Balaban J connectivity index is 2.42. The summed E-state index contributed by atoms with van der Waals surface area (Å²) in [5.41, 5.74) is 2.91. The van der Waals surface area contributed by atoms with Crippen molar-refractivity contribution in [2.24, 2.45) is 0 Å². The molecule has 0 amide bonds. The van der Waals surface area contributed by atoms with Gasteiger partial charge in [0.1, 0.15) is 0 Å². The first-order valence-corrected chi connectivity index (χ1v) is 3.93. The Morgan fingerprint density at radius 3 is 2.83 bits per heavy atom. The van der Waals surface area contributed by atoms with Crippen LogP contribution in [0, 0.1) is 0 Å². The zero-order valence-electron chi connectivity index (χ0n) is 6.57. The molecule has 0 saturated heterocycles. The number of fused-ring (bicyclic) bond motifs is 1. The number of allylic oxidation sites excluding steroid dienone is 1. The van der Waals surface area contributed by atoms with Crippen molar-refractivity contribution >= 4 is 18.7 Å². The van der Waals surface area contributed by atoms with Crippen LogP contribution >= 0.6 is 0 Å². The van der Waals surface area contributed by atoms with Gasteiger partial charge in [0.15, 0.2) is 0 Å². The molecule has 2 nitrogen and oxygen atoms in total. The molecule has 3 heteroatoms. The monoisotopic (exact) mass is 160 g/mol. The molecule has 0 aromatic heterocycles. The van der Waals surface area contributed by atoms with Crippen LogP contribution in [0.3, 0.4) is 0 Å². The van der Waals surface area contributed by atoms with E-state index in [0.717, 1.165) is 6.42 Å². The van der Waals surface area contributed by atoms with Gasteiger partial charge in [-0.3, -0.25) is 0 Å². The summed E-state index contributed by atoms with van der Waals surface area (Å²) in [4.78, 5) is 0. The molecule has 0 atom stereocenters. The van der Waals surface area contributed by atoms with Crippen molar-refractivity contribution < 1.29 is 10.0 Å². The summed E-state index contributed by atoms with van der Waals surface area (Å²) in [5, 5.41) is 17.8. The predicted octanol–water partition coefficient (Wildman–Crippen LogP) is -0.0643. The molecule has 1 aromatic rings. The van der Waals surface area contributed by atoms with E-state index >= 15 is 0 Å². The van der Waals surface area contributed by atoms with Crippen LogP contribution in [0.2, 0.25) is 0 Å².